The molecule has 0 aromatic carbocycles. The fourth-order valence-corrected chi connectivity index (χ4v) is 3.56. The smallest absolute Gasteiger partial charge is 0.0676 e. The van der Waals surface area contributed by atoms with E-state index in [0.29, 0.717) is 11.8 Å². The summed E-state index contributed by atoms with van der Waals surface area (Å²) in [6, 6.07) is 0. The molecule has 0 bridgehead atoms. The molecule has 0 saturated heterocycles. The van der Waals surface area contributed by atoms with Gasteiger partial charge >= 0.3 is 0 Å². The van der Waals surface area contributed by atoms with E-state index in [2.05, 4.69) is 20.8 Å². The number of hydrogen-bond acceptors (Lipinski definition) is 2. The van der Waals surface area contributed by atoms with Crippen LogP contribution in [0.5, 0.6) is 0 Å². The molecule has 2 aliphatic rings. The molecule has 1 radical (unpaired) electrons. The van der Waals surface area contributed by atoms with E-state index < -0.39 is 11.2 Å². The molecule has 0 spiro atoms. The van der Waals surface area contributed by atoms with Gasteiger partial charge < -0.3 is 10.2 Å². The number of hydrogen-bond donors (Lipinski definition) is 2. The zero-order chi connectivity index (χ0) is 12.7. The van der Waals surface area contributed by atoms with Crippen LogP contribution in [0, 0.1) is 17.8 Å². The third kappa shape index (κ3) is 2.53. The highest BCUT2D eigenvalue weighted by Gasteiger charge is 2.46. The topological polar surface area (TPSA) is 40.5 Å². The van der Waals surface area contributed by atoms with E-state index >= 15 is 0 Å². The molecule has 2 rings (SSSR count). The van der Waals surface area contributed by atoms with E-state index in [1.54, 1.807) is 0 Å². The molecule has 0 aromatic rings. The Hall–Kier alpha value is -0.0800. The molecule has 0 amide bonds. The van der Waals surface area contributed by atoms with Crippen LogP contribution in [0.25, 0.3) is 0 Å². The maximum atomic E-state index is 10.5. The van der Waals surface area contributed by atoms with Crippen LogP contribution in [0.15, 0.2) is 0 Å². The largest absolute Gasteiger partial charge is 0.390 e. The van der Waals surface area contributed by atoms with Gasteiger partial charge in [0.15, 0.2) is 0 Å². The van der Waals surface area contributed by atoms with E-state index in [4.69, 9.17) is 0 Å². The molecule has 2 N–H and O–H groups in total. The first-order valence-corrected chi connectivity index (χ1v) is 7.18. The lowest BCUT2D eigenvalue weighted by Crippen LogP contribution is -2.32. The molecule has 2 nitrogen and oxygen atoms in total. The molecule has 2 saturated carbocycles. The van der Waals surface area contributed by atoms with Gasteiger partial charge in [-0.15, -0.1) is 0 Å². The van der Waals surface area contributed by atoms with Gasteiger partial charge in [-0.3, -0.25) is 0 Å². The minimum absolute atomic E-state index is 0.339. The van der Waals surface area contributed by atoms with Gasteiger partial charge in [-0.25, -0.2) is 0 Å². The second-order valence-electron chi connectivity index (χ2n) is 6.61. The van der Waals surface area contributed by atoms with E-state index in [-0.39, 0.29) is 0 Å². The average Bonchev–Trinajstić information content (AvgIpc) is 2.84. The second-order valence-corrected chi connectivity index (χ2v) is 6.61. The summed E-state index contributed by atoms with van der Waals surface area (Å²) in [6.07, 6.45) is 6.71. The van der Waals surface area contributed by atoms with Crippen molar-refractivity contribution in [3.05, 3.63) is 5.92 Å². The van der Waals surface area contributed by atoms with E-state index in [1.165, 1.54) is 5.92 Å². The van der Waals surface area contributed by atoms with Crippen LogP contribution in [0.1, 0.15) is 65.7 Å². The Morgan fingerprint density at radius 1 is 1.29 bits per heavy atom. The first-order valence-electron chi connectivity index (χ1n) is 7.18. The Morgan fingerprint density at radius 3 is 2.47 bits per heavy atom. The highest BCUT2D eigenvalue weighted by atomic mass is 16.3. The molecular weight excluding hydrogens is 212 g/mol. The molecule has 17 heavy (non-hydrogen) atoms. The Bertz CT molecular complexity index is 276. The first-order chi connectivity index (χ1) is 7.88. The van der Waals surface area contributed by atoms with Crippen LogP contribution in [0.2, 0.25) is 0 Å². The van der Waals surface area contributed by atoms with Crippen molar-refractivity contribution in [1.29, 1.82) is 0 Å². The summed E-state index contributed by atoms with van der Waals surface area (Å²) in [4.78, 5) is 0. The van der Waals surface area contributed by atoms with Crippen LogP contribution in [0.3, 0.4) is 0 Å². The average molecular weight is 239 g/mol. The highest BCUT2D eigenvalue weighted by Crippen LogP contribution is 2.50. The minimum atomic E-state index is -0.470. The highest BCUT2D eigenvalue weighted by molar-refractivity contribution is 5.13. The Balaban J connectivity index is 1.94. The summed E-state index contributed by atoms with van der Waals surface area (Å²) in [5.41, 5.74) is -0.890. The fourth-order valence-electron chi connectivity index (χ4n) is 3.56. The van der Waals surface area contributed by atoms with Crippen LogP contribution in [0.4, 0.5) is 0 Å². The standard InChI is InChI=1S/C15H27O2/c1-4-14(16)7-5-12(9-14)13-6-8-15(17,10-13)11(2)3/h11-12,16-17H,4-10H2,1-3H3. The van der Waals surface area contributed by atoms with Crippen molar-refractivity contribution in [3.8, 4) is 0 Å². The zero-order valence-electron chi connectivity index (χ0n) is 11.5. The van der Waals surface area contributed by atoms with Crippen molar-refractivity contribution >= 4 is 0 Å². The van der Waals surface area contributed by atoms with Crippen molar-refractivity contribution in [1.82, 2.24) is 0 Å². The van der Waals surface area contributed by atoms with Crippen molar-refractivity contribution in [3.63, 3.8) is 0 Å². The molecule has 2 heteroatoms. The Morgan fingerprint density at radius 2 is 2.00 bits per heavy atom. The Labute approximate surface area is 105 Å². The number of rotatable bonds is 3. The molecular formula is C15H27O2. The van der Waals surface area contributed by atoms with Crippen LogP contribution in [-0.2, 0) is 0 Å². The van der Waals surface area contributed by atoms with E-state index in [1.807, 2.05) is 0 Å². The van der Waals surface area contributed by atoms with E-state index in [0.717, 1.165) is 44.9 Å². The fraction of sp³-hybridized carbons (Fsp3) is 0.933. The third-order valence-corrected chi connectivity index (χ3v) is 5.31. The molecule has 2 aliphatic carbocycles. The summed E-state index contributed by atoms with van der Waals surface area (Å²) in [5, 5.41) is 20.8. The quantitative estimate of drug-likeness (QED) is 0.794. The third-order valence-electron chi connectivity index (χ3n) is 5.31. The lowest BCUT2D eigenvalue weighted by Gasteiger charge is -2.28. The van der Waals surface area contributed by atoms with Gasteiger partial charge in [0.25, 0.3) is 0 Å². The van der Waals surface area contributed by atoms with Crippen LogP contribution >= 0.6 is 0 Å². The predicted molar refractivity (Wildman–Crippen MR) is 69.5 cm³/mol. The van der Waals surface area contributed by atoms with Gasteiger partial charge in [-0.2, -0.15) is 0 Å². The Kier molecular flexibility index (Phi) is 3.57. The second kappa shape index (κ2) is 4.55. The zero-order valence-corrected chi connectivity index (χ0v) is 11.5. The van der Waals surface area contributed by atoms with Crippen molar-refractivity contribution in [2.24, 2.45) is 11.8 Å². The maximum absolute atomic E-state index is 10.5. The molecule has 0 heterocycles. The van der Waals surface area contributed by atoms with Gasteiger partial charge in [0, 0.05) is 0 Å². The summed E-state index contributed by atoms with van der Waals surface area (Å²) in [6.45, 7) is 6.30. The molecule has 3 unspecified atom stereocenters. The normalized spacial score (nSPS) is 43.8. The molecule has 99 valence electrons. The van der Waals surface area contributed by atoms with Gasteiger partial charge in [-0.1, -0.05) is 20.8 Å². The lowest BCUT2D eigenvalue weighted by molar-refractivity contribution is 0.00181. The van der Waals surface area contributed by atoms with Crippen LogP contribution < -0.4 is 0 Å². The SMILES string of the molecule is CCC1(O)CCC([C]2CCC(O)(C(C)C)C2)C1. The summed E-state index contributed by atoms with van der Waals surface area (Å²) >= 11 is 0. The predicted octanol–water partition coefficient (Wildman–Crippen LogP) is 3.07. The summed E-state index contributed by atoms with van der Waals surface area (Å²) < 4.78 is 0. The van der Waals surface area contributed by atoms with E-state index in [9.17, 15) is 10.2 Å². The molecule has 2 fully saturated rings. The first kappa shape index (κ1) is 13.4. The molecule has 3 atom stereocenters. The number of aliphatic hydroxyl groups is 2. The lowest BCUT2D eigenvalue weighted by atomic mass is 9.83. The van der Waals surface area contributed by atoms with Crippen molar-refractivity contribution < 1.29 is 10.2 Å². The molecule has 0 aliphatic heterocycles. The van der Waals surface area contributed by atoms with Crippen LogP contribution in [-0.4, -0.2) is 21.4 Å². The van der Waals surface area contributed by atoms with Gasteiger partial charge in [-0.05, 0) is 62.7 Å². The van der Waals surface area contributed by atoms with Crippen molar-refractivity contribution in [2.75, 3.05) is 0 Å². The van der Waals surface area contributed by atoms with Gasteiger partial charge in [0.1, 0.15) is 0 Å². The summed E-state index contributed by atoms with van der Waals surface area (Å²) in [5.74, 6) is 2.42. The monoisotopic (exact) mass is 239 g/mol. The minimum Gasteiger partial charge on any atom is -0.390 e. The van der Waals surface area contributed by atoms with Crippen molar-refractivity contribution in [2.45, 2.75) is 76.9 Å². The maximum Gasteiger partial charge on any atom is 0.0676 e. The summed E-state index contributed by atoms with van der Waals surface area (Å²) in [7, 11) is 0. The van der Waals surface area contributed by atoms with Gasteiger partial charge in [0.2, 0.25) is 0 Å². The van der Waals surface area contributed by atoms with Gasteiger partial charge in [0.05, 0.1) is 11.2 Å². The molecule has 0 aromatic heterocycles.